The number of phenols is 1. The van der Waals surface area contributed by atoms with Crippen molar-refractivity contribution in [3.8, 4) is 17.1 Å². The van der Waals surface area contributed by atoms with E-state index in [0.29, 0.717) is 10.9 Å². The largest absolute Gasteiger partial charge is 0.506 e. The molecule has 0 bridgehead atoms. The van der Waals surface area contributed by atoms with Gasteiger partial charge < -0.3 is 10.1 Å². The molecule has 0 amide bonds. The lowest BCUT2D eigenvalue weighted by Crippen LogP contribution is -2.09. The van der Waals surface area contributed by atoms with Crippen LogP contribution in [0.15, 0.2) is 41.2 Å². The Morgan fingerprint density at radius 2 is 2.00 bits per heavy atom. The molecule has 2 N–H and O–H groups in total. The fourth-order valence-corrected chi connectivity index (χ4v) is 2.17. The summed E-state index contributed by atoms with van der Waals surface area (Å²) < 4.78 is 13.4. The van der Waals surface area contributed by atoms with Gasteiger partial charge in [0.2, 0.25) is 0 Å². The zero-order chi connectivity index (χ0) is 14.3. The van der Waals surface area contributed by atoms with E-state index >= 15 is 0 Å². The van der Waals surface area contributed by atoms with Gasteiger partial charge in [0.05, 0.1) is 21.5 Å². The van der Waals surface area contributed by atoms with Gasteiger partial charge in [0.25, 0.3) is 5.56 Å². The highest BCUT2D eigenvalue weighted by molar-refractivity contribution is 6.32. The zero-order valence-electron chi connectivity index (χ0n) is 10.0. The van der Waals surface area contributed by atoms with E-state index in [9.17, 15) is 14.3 Å². The lowest BCUT2D eigenvalue weighted by Gasteiger charge is -2.07. The number of para-hydroxylation sites is 1. The zero-order valence-corrected chi connectivity index (χ0v) is 10.8. The molecule has 100 valence electrons. The molecule has 0 saturated carbocycles. The van der Waals surface area contributed by atoms with Crippen LogP contribution in [0.1, 0.15) is 0 Å². The molecule has 0 radical (unpaired) electrons. The topological polar surface area (TPSA) is 66.0 Å². The van der Waals surface area contributed by atoms with Crippen LogP contribution in [0.5, 0.6) is 5.75 Å². The van der Waals surface area contributed by atoms with Crippen molar-refractivity contribution in [3.05, 3.63) is 57.6 Å². The number of hydrogen-bond donors (Lipinski definition) is 2. The molecule has 1 heterocycles. The molecule has 0 aliphatic rings. The third-order valence-electron chi connectivity index (χ3n) is 2.90. The highest BCUT2D eigenvalue weighted by Crippen LogP contribution is 2.34. The first-order valence-corrected chi connectivity index (χ1v) is 6.11. The van der Waals surface area contributed by atoms with Gasteiger partial charge in [0, 0.05) is 0 Å². The summed E-state index contributed by atoms with van der Waals surface area (Å²) in [6.45, 7) is 0. The third-order valence-corrected chi connectivity index (χ3v) is 3.18. The molecule has 0 fully saturated rings. The minimum atomic E-state index is -0.626. The van der Waals surface area contributed by atoms with Crippen LogP contribution in [-0.4, -0.2) is 15.1 Å². The Kier molecular flexibility index (Phi) is 2.91. The van der Waals surface area contributed by atoms with Crippen LogP contribution < -0.4 is 5.56 Å². The summed E-state index contributed by atoms with van der Waals surface area (Å²) in [5, 5.41) is 10.2. The molecule has 0 saturated heterocycles. The van der Waals surface area contributed by atoms with Crippen LogP contribution in [0, 0.1) is 5.82 Å². The lowest BCUT2D eigenvalue weighted by molar-refractivity contribution is 0.475. The molecule has 3 rings (SSSR count). The van der Waals surface area contributed by atoms with E-state index < -0.39 is 5.82 Å². The molecule has 0 atom stereocenters. The second-order valence-electron chi connectivity index (χ2n) is 4.22. The quantitative estimate of drug-likeness (QED) is 0.724. The predicted molar refractivity (Wildman–Crippen MR) is 74.4 cm³/mol. The van der Waals surface area contributed by atoms with Crippen molar-refractivity contribution in [3.63, 3.8) is 0 Å². The molecule has 4 nitrogen and oxygen atoms in total. The Hall–Kier alpha value is -2.40. The van der Waals surface area contributed by atoms with Crippen LogP contribution in [0.2, 0.25) is 5.02 Å². The highest BCUT2D eigenvalue weighted by Gasteiger charge is 2.14. The minimum absolute atomic E-state index is 0.0397. The number of aromatic hydroxyl groups is 1. The first-order chi connectivity index (χ1) is 9.56. The van der Waals surface area contributed by atoms with E-state index in [0.717, 1.165) is 12.1 Å². The molecule has 0 spiro atoms. The van der Waals surface area contributed by atoms with E-state index in [1.54, 1.807) is 24.3 Å². The van der Waals surface area contributed by atoms with Gasteiger partial charge >= 0.3 is 0 Å². The highest BCUT2D eigenvalue weighted by atomic mass is 35.5. The number of aromatic amines is 1. The van der Waals surface area contributed by atoms with Gasteiger partial charge in [-0.3, -0.25) is 4.79 Å². The number of nitrogens with zero attached hydrogens (tertiary/aromatic N) is 1. The van der Waals surface area contributed by atoms with Crippen molar-refractivity contribution in [1.82, 2.24) is 9.97 Å². The number of H-pyrrole nitrogens is 1. The SMILES string of the molecule is O=c1[nH]c(-c2cc(F)cc(Cl)c2O)nc2ccccc12. The fourth-order valence-electron chi connectivity index (χ4n) is 1.96. The number of rotatable bonds is 1. The van der Waals surface area contributed by atoms with Gasteiger partial charge in [-0.2, -0.15) is 0 Å². The van der Waals surface area contributed by atoms with E-state index in [2.05, 4.69) is 9.97 Å². The second kappa shape index (κ2) is 4.61. The van der Waals surface area contributed by atoms with Crippen LogP contribution in [-0.2, 0) is 0 Å². The average Bonchev–Trinajstić information content (AvgIpc) is 2.43. The molecule has 20 heavy (non-hydrogen) atoms. The number of halogens is 2. The third kappa shape index (κ3) is 2.02. The Balaban J connectivity index is 2.33. The van der Waals surface area contributed by atoms with Gasteiger partial charge in [-0.25, -0.2) is 9.37 Å². The van der Waals surface area contributed by atoms with Gasteiger partial charge in [0.1, 0.15) is 17.4 Å². The Bertz CT molecular complexity index is 877. The van der Waals surface area contributed by atoms with Crippen molar-refractivity contribution in [2.75, 3.05) is 0 Å². The first kappa shape index (κ1) is 12.6. The van der Waals surface area contributed by atoms with E-state index in [4.69, 9.17) is 11.6 Å². The maximum atomic E-state index is 13.4. The van der Waals surface area contributed by atoms with Crippen molar-refractivity contribution in [2.24, 2.45) is 0 Å². The molecule has 3 aromatic rings. The summed E-state index contributed by atoms with van der Waals surface area (Å²) in [4.78, 5) is 18.7. The van der Waals surface area contributed by atoms with Crippen molar-refractivity contribution in [2.45, 2.75) is 0 Å². The molecule has 0 aliphatic heterocycles. The molecule has 1 aromatic heterocycles. The molecular formula is C14H8ClFN2O2. The summed E-state index contributed by atoms with van der Waals surface area (Å²) >= 11 is 5.72. The van der Waals surface area contributed by atoms with Crippen molar-refractivity contribution in [1.29, 1.82) is 0 Å². The number of phenolic OH excluding ortho intramolecular Hbond substituents is 1. The Morgan fingerprint density at radius 1 is 1.25 bits per heavy atom. The smallest absolute Gasteiger partial charge is 0.259 e. The minimum Gasteiger partial charge on any atom is -0.506 e. The average molecular weight is 291 g/mol. The lowest BCUT2D eigenvalue weighted by atomic mass is 10.1. The Labute approximate surface area is 117 Å². The summed E-state index contributed by atoms with van der Waals surface area (Å²) in [5.74, 6) is -0.891. The molecule has 0 aliphatic carbocycles. The number of fused-ring (bicyclic) bond motifs is 1. The van der Waals surface area contributed by atoms with E-state index in [1.165, 1.54) is 0 Å². The summed E-state index contributed by atoms with van der Waals surface area (Å²) in [7, 11) is 0. The van der Waals surface area contributed by atoms with Crippen LogP contribution in [0.3, 0.4) is 0 Å². The molecule has 2 aromatic carbocycles. The predicted octanol–water partition coefficient (Wildman–Crippen LogP) is 3.09. The number of benzene rings is 2. The number of hydrogen-bond acceptors (Lipinski definition) is 3. The van der Waals surface area contributed by atoms with Crippen LogP contribution in [0.4, 0.5) is 4.39 Å². The van der Waals surface area contributed by atoms with Gasteiger partial charge in [0.15, 0.2) is 0 Å². The normalized spacial score (nSPS) is 10.9. The maximum absolute atomic E-state index is 13.4. The summed E-state index contributed by atoms with van der Waals surface area (Å²) in [6.07, 6.45) is 0. The van der Waals surface area contributed by atoms with Gasteiger partial charge in [-0.1, -0.05) is 23.7 Å². The van der Waals surface area contributed by atoms with Gasteiger partial charge in [-0.05, 0) is 24.3 Å². The second-order valence-corrected chi connectivity index (χ2v) is 4.62. The fraction of sp³-hybridized carbons (Fsp3) is 0. The van der Waals surface area contributed by atoms with Gasteiger partial charge in [-0.15, -0.1) is 0 Å². The van der Waals surface area contributed by atoms with Crippen molar-refractivity contribution < 1.29 is 9.50 Å². The first-order valence-electron chi connectivity index (χ1n) is 5.73. The molecule has 6 heteroatoms. The standard InChI is InChI=1S/C14H8ClFN2O2/c15-10-6-7(16)5-9(12(10)19)13-17-11-4-2-1-3-8(11)14(20)18-13/h1-6,19H,(H,17,18,20). The van der Waals surface area contributed by atoms with E-state index in [-0.39, 0.29) is 27.7 Å². The monoisotopic (exact) mass is 290 g/mol. The maximum Gasteiger partial charge on any atom is 0.259 e. The number of aromatic nitrogens is 2. The van der Waals surface area contributed by atoms with Crippen LogP contribution in [0.25, 0.3) is 22.3 Å². The number of nitrogens with one attached hydrogen (secondary N) is 1. The summed E-state index contributed by atoms with van der Waals surface area (Å²) in [6, 6.07) is 8.79. The van der Waals surface area contributed by atoms with Crippen molar-refractivity contribution >= 4 is 22.5 Å². The molecule has 0 unspecified atom stereocenters. The Morgan fingerprint density at radius 3 is 2.80 bits per heavy atom. The summed E-state index contributed by atoms with van der Waals surface area (Å²) in [5.41, 5.74) is 0.120. The van der Waals surface area contributed by atoms with Crippen LogP contribution >= 0.6 is 11.6 Å². The van der Waals surface area contributed by atoms with E-state index in [1.807, 2.05) is 0 Å². The molecular weight excluding hydrogens is 283 g/mol.